The average Bonchev–Trinajstić information content (AvgIpc) is 3.25. The molecule has 2 heterocycles. The number of aromatic nitrogens is 2. The molecule has 0 fully saturated rings. The first kappa shape index (κ1) is 16.0. The summed E-state index contributed by atoms with van der Waals surface area (Å²) in [5, 5.41) is 4.77. The summed E-state index contributed by atoms with van der Waals surface area (Å²) in [6.45, 7) is 0. The molecule has 0 aliphatic rings. The van der Waals surface area contributed by atoms with Gasteiger partial charge in [0.05, 0.1) is 21.5 Å². The molecule has 124 valence electrons. The van der Waals surface area contributed by atoms with E-state index in [0.29, 0.717) is 10.2 Å². The number of amides is 1. The third kappa shape index (κ3) is 3.20. The van der Waals surface area contributed by atoms with E-state index in [0.717, 1.165) is 21.7 Å². The Balaban J connectivity index is 1.63. The number of carbonyl (C=O) groups is 1. The summed E-state index contributed by atoms with van der Waals surface area (Å²) in [6, 6.07) is 13.4. The van der Waals surface area contributed by atoms with Crippen LogP contribution in [0.4, 0.5) is 10.1 Å². The van der Waals surface area contributed by atoms with Crippen LogP contribution < -0.4 is 5.32 Å². The number of H-pyrrole nitrogens is 1. The van der Waals surface area contributed by atoms with E-state index in [9.17, 15) is 9.18 Å². The zero-order valence-corrected chi connectivity index (χ0v) is 15.1. The maximum absolute atomic E-state index is 13.4. The molecule has 0 saturated carbocycles. The molecular weight excluding hydrogens is 405 g/mol. The van der Waals surface area contributed by atoms with Gasteiger partial charge < -0.3 is 10.3 Å². The van der Waals surface area contributed by atoms with Crippen molar-refractivity contribution in [2.24, 2.45) is 0 Å². The Kier molecular flexibility index (Phi) is 4.10. The molecule has 7 heteroatoms. The second-order valence-electron chi connectivity index (χ2n) is 5.37. The van der Waals surface area contributed by atoms with E-state index in [1.807, 2.05) is 29.6 Å². The number of hydrogen-bond donors (Lipinski definition) is 2. The number of carbonyl (C=O) groups excluding carboxylic acids is 1. The Bertz CT molecular complexity index is 1080. The van der Waals surface area contributed by atoms with Crippen LogP contribution in [0.25, 0.3) is 21.7 Å². The maximum Gasteiger partial charge on any atom is 0.256 e. The first-order valence-electron chi connectivity index (χ1n) is 7.40. The molecule has 0 bridgehead atoms. The van der Waals surface area contributed by atoms with Crippen molar-refractivity contribution in [3.63, 3.8) is 0 Å². The molecule has 0 saturated heterocycles. The average molecular weight is 416 g/mol. The van der Waals surface area contributed by atoms with Crippen LogP contribution in [-0.2, 0) is 0 Å². The molecular formula is C18H11BrFN3OS. The molecule has 2 N–H and O–H groups in total. The zero-order chi connectivity index (χ0) is 17.4. The van der Waals surface area contributed by atoms with Gasteiger partial charge >= 0.3 is 0 Å². The van der Waals surface area contributed by atoms with E-state index in [-0.39, 0.29) is 11.5 Å². The molecule has 0 atom stereocenters. The fraction of sp³-hybridized carbons (Fsp3) is 0. The van der Waals surface area contributed by atoms with E-state index >= 15 is 0 Å². The molecule has 0 radical (unpaired) electrons. The van der Waals surface area contributed by atoms with Crippen LogP contribution in [0.15, 0.2) is 58.4 Å². The molecule has 0 aliphatic heterocycles. The molecule has 4 aromatic rings. The monoisotopic (exact) mass is 415 g/mol. The van der Waals surface area contributed by atoms with Crippen molar-refractivity contribution in [3.05, 3.63) is 69.8 Å². The summed E-state index contributed by atoms with van der Waals surface area (Å²) in [6.07, 6.45) is 0. The minimum Gasteiger partial charge on any atom is -0.337 e. The molecule has 2 aromatic carbocycles. The molecule has 4 rings (SSSR count). The van der Waals surface area contributed by atoms with E-state index in [1.54, 1.807) is 17.4 Å². The van der Waals surface area contributed by atoms with E-state index in [4.69, 9.17) is 0 Å². The topological polar surface area (TPSA) is 57.8 Å². The second-order valence-corrected chi connectivity index (χ2v) is 7.17. The van der Waals surface area contributed by atoms with Gasteiger partial charge in [0.1, 0.15) is 11.6 Å². The predicted molar refractivity (Wildman–Crippen MR) is 101 cm³/mol. The van der Waals surface area contributed by atoms with Crippen molar-refractivity contribution >= 4 is 49.9 Å². The van der Waals surface area contributed by atoms with Crippen LogP contribution in [0.3, 0.4) is 0 Å². The van der Waals surface area contributed by atoms with Crippen LogP contribution in [-0.4, -0.2) is 15.9 Å². The highest BCUT2D eigenvalue weighted by Crippen LogP contribution is 2.26. The number of fused-ring (bicyclic) bond motifs is 1. The van der Waals surface area contributed by atoms with Gasteiger partial charge in [-0.3, -0.25) is 4.79 Å². The number of halogens is 2. The van der Waals surface area contributed by atoms with Crippen molar-refractivity contribution in [1.29, 1.82) is 0 Å². The van der Waals surface area contributed by atoms with Gasteiger partial charge in [-0.15, -0.1) is 11.3 Å². The number of benzene rings is 2. The third-order valence-electron chi connectivity index (χ3n) is 3.67. The molecule has 4 nitrogen and oxygen atoms in total. The highest BCUT2D eigenvalue weighted by Gasteiger charge is 2.13. The number of anilines is 1. The normalized spacial score (nSPS) is 11.0. The summed E-state index contributed by atoms with van der Waals surface area (Å²) >= 11 is 4.87. The lowest BCUT2D eigenvalue weighted by molar-refractivity contribution is 0.102. The Labute approximate surface area is 154 Å². The first-order chi connectivity index (χ1) is 12.1. The Morgan fingerprint density at radius 1 is 1.20 bits per heavy atom. The standard InChI is InChI=1S/C18H11BrFN3OS/c19-13-5-3-10(20)8-12(13)18(24)21-11-4-6-14-15(9-11)23-17(22-14)16-2-1-7-25-16/h1-9H,(H,21,24)(H,22,23). The lowest BCUT2D eigenvalue weighted by atomic mass is 10.2. The number of imidazole rings is 1. The molecule has 0 unspecified atom stereocenters. The summed E-state index contributed by atoms with van der Waals surface area (Å²) in [5.41, 5.74) is 2.48. The Hall–Kier alpha value is -2.51. The van der Waals surface area contributed by atoms with Gasteiger partial charge in [-0.25, -0.2) is 9.37 Å². The van der Waals surface area contributed by atoms with Crippen LogP contribution >= 0.6 is 27.3 Å². The van der Waals surface area contributed by atoms with Gasteiger partial charge in [-0.05, 0) is 63.8 Å². The summed E-state index contributed by atoms with van der Waals surface area (Å²) < 4.78 is 13.9. The smallest absolute Gasteiger partial charge is 0.256 e. The molecule has 1 amide bonds. The Morgan fingerprint density at radius 2 is 2.08 bits per heavy atom. The van der Waals surface area contributed by atoms with Gasteiger partial charge in [0.2, 0.25) is 0 Å². The number of thiophene rings is 1. The lowest BCUT2D eigenvalue weighted by Crippen LogP contribution is -2.12. The van der Waals surface area contributed by atoms with Gasteiger partial charge in [0, 0.05) is 10.2 Å². The number of nitrogens with one attached hydrogen (secondary N) is 2. The highest BCUT2D eigenvalue weighted by atomic mass is 79.9. The summed E-state index contributed by atoms with van der Waals surface area (Å²) in [7, 11) is 0. The maximum atomic E-state index is 13.4. The fourth-order valence-corrected chi connectivity index (χ4v) is 3.58. The van der Waals surface area contributed by atoms with Crippen molar-refractivity contribution < 1.29 is 9.18 Å². The Morgan fingerprint density at radius 3 is 2.88 bits per heavy atom. The number of aromatic amines is 1. The number of rotatable bonds is 3. The van der Waals surface area contributed by atoms with E-state index in [1.165, 1.54) is 18.2 Å². The third-order valence-corrected chi connectivity index (χ3v) is 5.24. The minimum absolute atomic E-state index is 0.240. The van der Waals surface area contributed by atoms with Crippen LogP contribution in [0.2, 0.25) is 0 Å². The second kappa shape index (κ2) is 6.42. The number of hydrogen-bond acceptors (Lipinski definition) is 3. The van der Waals surface area contributed by atoms with Crippen LogP contribution in [0.5, 0.6) is 0 Å². The van der Waals surface area contributed by atoms with Crippen LogP contribution in [0.1, 0.15) is 10.4 Å². The van der Waals surface area contributed by atoms with Gasteiger partial charge in [0.15, 0.2) is 0 Å². The van der Waals surface area contributed by atoms with E-state index in [2.05, 4.69) is 31.2 Å². The molecule has 2 aromatic heterocycles. The molecule has 0 aliphatic carbocycles. The lowest BCUT2D eigenvalue weighted by Gasteiger charge is -2.07. The molecule has 0 spiro atoms. The first-order valence-corrected chi connectivity index (χ1v) is 9.07. The number of nitrogens with zero attached hydrogens (tertiary/aromatic N) is 1. The van der Waals surface area contributed by atoms with Crippen LogP contribution in [0, 0.1) is 5.82 Å². The van der Waals surface area contributed by atoms with Gasteiger partial charge in [0.25, 0.3) is 5.91 Å². The van der Waals surface area contributed by atoms with Gasteiger partial charge in [-0.2, -0.15) is 0 Å². The zero-order valence-electron chi connectivity index (χ0n) is 12.7. The quantitative estimate of drug-likeness (QED) is 0.467. The van der Waals surface area contributed by atoms with E-state index < -0.39 is 5.82 Å². The minimum atomic E-state index is -0.460. The van der Waals surface area contributed by atoms with Crippen molar-refractivity contribution in [1.82, 2.24) is 9.97 Å². The largest absolute Gasteiger partial charge is 0.337 e. The van der Waals surface area contributed by atoms with Crippen molar-refractivity contribution in [2.75, 3.05) is 5.32 Å². The fourth-order valence-electron chi connectivity index (χ4n) is 2.49. The molecule has 25 heavy (non-hydrogen) atoms. The summed E-state index contributed by atoms with van der Waals surface area (Å²) in [5.74, 6) is -0.0527. The predicted octanol–water partition coefficient (Wildman–Crippen LogP) is 5.45. The van der Waals surface area contributed by atoms with Crippen molar-refractivity contribution in [3.8, 4) is 10.7 Å². The van der Waals surface area contributed by atoms with Crippen molar-refractivity contribution in [2.45, 2.75) is 0 Å². The summed E-state index contributed by atoms with van der Waals surface area (Å²) in [4.78, 5) is 21.2. The highest BCUT2D eigenvalue weighted by molar-refractivity contribution is 9.10. The van der Waals surface area contributed by atoms with Gasteiger partial charge in [-0.1, -0.05) is 6.07 Å². The SMILES string of the molecule is O=C(Nc1ccc2nc(-c3cccs3)[nH]c2c1)c1cc(F)ccc1Br.